The Balaban J connectivity index is 1.13. The maximum atomic E-state index is 15.1. The van der Waals surface area contributed by atoms with E-state index in [4.69, 9.17) is 0 Å². The Labute approximate surface area is 226 Å². The molecule has 1 aromatic carbocycles. The third-order valence-corrected chi connectivity index (χ3v) is 8.61. The van der Waals surface area contributed by atoms with E-state index in [9.17, 15) is 4.39 Å². The number of piperazine rings is 1. The van der Waals surface area contributed by atoms with Crippen molar-refractivity contribution in [2.45, 2.75) is 63.7 Å². The molecule has 202 valence electrons. The summed E-state index contributed by atoms with van der Waals surface area (Å²) in [6, 6.07) is 8.24. The second-order valence-corrected chi connectivity index (χ2v) is 11.8. The Morgan fingerprint density at radius 2 is 1.79 bits per heavy atom. The van der Waals surface area contributed by atoms with Gasteiger partial charge in [0, 0.05) is 55.4 Å². The van der Waals surface area contributed by atoms with Gasteiger partial charge in [0.1, 0.15) is 22.9 Å². The normalized spacial score (nSPS) is 22.5. The highest BCUT2D eigenvalue weighted by Crippen LogP contribution is 2.38. The van der Waals surface area contributed by atoms with Crippen LogP contribution >= 0.6 is 0 Å². The van der Waals surface area contributed by atoms with Crippen LogP contribution < -0.4 is 5.32 Å². The molecule has 4 aromatic rings. The van der Waals surface area contributed by atoms with Gasteiger partial charge in [0.25, 0.3) is 0 Å². The van der Waals surface area contributed by atoms with Gasteiger partial charge in [-0.3, -0.25) is 4.90 Å². The molecule has 0 amide bonds. The van der Waals surface area contributed by atoms with Crippen molar-refractivity contribution in [3.63, 3.8) is 0 Å². The second-order valence-electron chi connectivity index (χ2n) is 11.8. The van der Waals surface area contributed by atoms with E-state index in [1.807, 2.05) is 12.3 Å². The second kappa shape index (κ2) is 9.02. The number of aryl methyl sites for hydroxylation is 1. The summed E-state index contributed by atoms with van der Waals surface area (Å²) in [6.07, 6.45) is 7.20. The minimum atomic E-state index is -0.621. The zero-order valence-corrected chi connectivity index (χ0v) is 22.5. The summed E-state index contributed by atoms with van der Waals surface area (Å²) in [5.41, 5.74) is 2.31. The molecule has 1 N–H and O–H groups in total. The summed E-state index contributed by atoms with van der Waals surface area (Å²) in [6.45, 7) is 7.33. The fourth-order valence-corrected chi connectivity index (χ4v) is 6.70. The van der Waals surface area contributed by atoms with Crippen LogP contribution in [-0.4, -0.2) is 66.5 Å². The summed E-state index contributed by atoms with van der Waals surface area (Å²) in [5, 5.41) is 3.08. The Morgan fingerprint density at radius 3 is 2.54 bits per heavy atom. The fourth-order valence-electron chi connectivity index (χ4n) is 6.70. The third-order valence-electron chi connectivity index (χ3n) is 8.61. The van der Waals surface area contributed by atoms with E-state index in [0.717, 1.165) is 50.1 Å². The van der Waals surface area contributed by atoms with Crippen molar-refractivity contribution in [2.75, 3.05) is 25.5 Å². The van der Waals surface area contributed by atoms with Crippen molar-refractivity contribution < 1.29 is 8.78 Å². The van der Waals surface area contributed by atoms with Gasteiger partial charge in [-0.1, -0.05) is 6.07 Å². The number of pyridine rings is 1. The van der Waals surface area contributed by atoms with Gasteiger partial charge >= 0.3 is 0 Å². The molecule has 0 aliphatic carbocycles. The monoisotopic (exact) mass is 530 g/mol. The first-order valence-electron chi connectivity index (χ1n) is 13.7. The van der Waals surface area contributed by atoms with Crippen LogP contribution in [0.2, 0.25) is 0 Å². The summed E-state index contributed by atoms with van der Waals surface area (Å²) < 4.78 is 32.1. The summed E-state index contributed by atoms with van der Waals surface area (Å²) in [4.78, 5) is 22.6. The molecule has 3 aliphatic rings. The average Bonchev–Trinajstić information content (AvgIpc) is 3.51. The first-order chi connectivity index (χ1) is 18.7. The van der Waals surface area contributed by atoms with E-state index in [-0.39, 0.29) is 17.2 Å². The minimum absolute atomic E-state index is 0.0295. The molecule has 0 saturated carbocycles. The standard InChI is InChI=1S/C29H32F2N8/c1-29(2)9-8-25-35-27-21(30)10-18(11-23(27)39(25)29)26-22(31)13-33-28(36-26)34-24-7-4-17(12-32-24)14-38-19-5-6-20(38)16-37(3)15-19/h4,7,10-13,19-20H,5-6,8-9,14-16H2,1-3H3,(H,32,33,34,36). The van der Waals surface area contributed by atoms with Gasteiger partial charge in [0.15, 0.2) is 11.6 Å². The number of nitrogens with zero attached hydrogens (tertiary/aromatic N) is 7. The van der Waals surface area contributed by atoms with Crippen molar-refractivity contribution in [3.05, 3.63) is 59.7 Å². The number of likely N-dealkylation sites (tertiary alicyclic amines) is 1. The molecule has 0 radical (unpaired) electrons. The largest absolute Gasteiger partial charge is 0.322 e. The molecule has 8 nitrogen and oxygen atoms in total. The van der Waals surface area contributed by atoms with Gasteiger partial charge in [0.2, 0.25) is 5.95 Å². The number of rotatable bonds is 5. The van der Waals surface area contributed by atoms with Gasteiger partial charge in [-0.15, -0.1) is 0 Å². The lowest BCUT2D eigenvalue weighted by Gasteiger charge is -2.39. The summed E-state index contributed by atoms with van der Waals surface area (Å²) in [7, 11) is 2.20. The Kier molecular flexibility index (Phi) is 5.68. The van der Waals surface area contributed by atoms with Crippen LogP contribution in [0.3, 0.4) is 0 Å². The van der Waals surface area contributed by atoms with Gasteiger partial charge in [-0.05, 0) is 63.9 Å². The highest BCUT2D eigenvalue weighted by Gasteiger charge is 2.38. The van der Waals surface area contributed by atoms with E-state index >= 15 is 4.39 Å². The number of nitrogens with one attached hydrogen (secondary N) is 1. The van der Waals surface area contributed by atoms with Crippen molar-refractivity contribution in [3.8, 4) is 11.3 Å². The lowest BCUT2D eigenvalue weighted by Crippen LogP contribution is -2.51. The van der Waals surface area contributed by atoms with Crippen LogP contribution in [0.25, 0.3) is 22.3 Å². The molecular weight excluding hydrogens is 498 g/mol. The van der Waals surface area contributed by atoms with Crippen LogP contribution in [0, 0.1) is 11.6 Å². The van der Waals surface area contributed by atoms with Crippen molar-refractivity contribution in [2.24, 2.45) is 0 Å². The minimum Gasteiger partial charge on any atom is -0.322 e. The van der Waals surface area contributed by atoms with Gasteiger partial charge in [0.05, 0.1) is 11.7 Å². The number of hydrogen-bond acceptors (Lipinski definition) is 7. The average molecular weight is 531 g/mol. The van der Waals surface area contributed by atoms with Crippen LogP contribution in [0.15, 0.2) is 36.7 Å². The van der Waals surface area contributed by atoms with Crippen molar-refractivity contribution >= 4 is 22.8 Å². The van der Waals surface area contributed by atoms with Gasteiger partial charge in [-0.2, -0.15) is 0 Å². The van der Waals surface area contributed by atoms with Crippen LogP contribution in [-0.2, 0) is 18.5 Å². The summed E-state index contributed by atoms with van der Waals surface area (Å²) >= 11 is 0. The fraction of sp³-hybridized carbons (Fsp3) is 0.448. The molecule has 10 heteroatoms. The first-order valence-corrected chi connectivity index (χ1v) is 13.7. The SMILES string of the molecule is CN1CC2CCC(C1)N2Cc1ccc(Nc2ncc(F)c(-c3cc(F)c4nc5n(c4c3)C(C)(C)CC5)n2)nc1. The van der Waals surface area contributed by atoms with E-state index in [2.05, 4.69) is 66.6 Å². The Hall–Kier alpha value is -3.50. The number of aromatic nitrogens is 5. The van der Waals surface area contributed by atoms with E-state index < -0.39 is 11.6 Å². The maximum absolute atomic E-state index is 15.1. The molecule has 3 aromatic heterocycles. The molecule has 3 aliphatic heterocycles. The van der Waals surface area contributed by atoms with Gasteiger partial charge < -0.3 is 14.8 Å². The molecule has 2 bridgehead atoms. The first kappa shape index (κ1) is 24.5. The van der Waals surface area contributed by atoms with Gasteiger partial charge in [-0.25, -0.2) is 28.7 Å². The lowest BCUT2D eigenvalue weighted by molar-refractivity contribution is 0.0759. The van der Waals surface area contributed by atoms with Crippen molar-refractivity contribution in [1.29, 1.82) is 0 Å². The number of anilines is 2. The zero-order chi connectivity index (χ0) is 26.9. The topological polar surface area (TPSA) is 75.0 Å². The van der Waals surface area contributed by atoms with Crippen LogP contribution in [0.4, 0.5) is 20.5 Å². The smallest absolute Gasteiger partial charge is 0.229 e. The molecule has 39 heavy (non-hydrogen) atoms. The predicted molar refractivity (Wildman–Crippen MR) is 146 cm³/mol. The van der Waals surface area contributed by atoms with E-state index in [0.29, 0.717) is 34.5 Å². The molecule has 2 unspecified atom stereocenters. The quantitative estimate of drug-likeness (QED) is 0.395. The molecule has 6 heterocycles. The number of halogens is 2. The Morgan fingerprint density at radius 1 is 1.00 bits per heavy atom. The molecule has 2 saturated heterocycles. The van der Waals surface area contributed by atoms with E-state index in [1.54, 1.807) is 6.07 Å². The molecule has 2 atom stereocenters. The number of imidazole rings is 1. The number of benzene rings is 1. The van der Waals surface area contributed by atoms with Crippen LogP contribution in [0.5, 0.6) is 0 Å². The maximum Gasteiger partial charge on any atom is 0.229 e. The molecule has 7 rings (SSSR count). The highest BCUT2D eigenvalue weighted by molar-refractivity contribution is 5.83. The number of fused-ring (bicyclic) bond motifs is 5. The number of likely N-dealkylation sites (N-methyl/N-ethyl adjacent to an activating group) is 1. The summed E-state index contributed by atoms with van der Waals surface area (Å²) in [5.74, 6) is 0.507. The number of hydrogen-bond donors (Lipinski definition) is 1. The van der Waals surface area contributed by atoms with Crippen molar-refractivity contribution in [1.82, 2.24) is 34.3 Å². The zero-order valence-electron chi connectivity index (χ0n) is 22.5. The van der Waals surface area contributed by atoms with Crippen LogP contribution in [0.1, 0.15) is 44.5 Å². The highest BCUT2D eigenvalue weighted by atomic mass is 19.1. The Bertz CT molecular complexity index is 1550. The lowest BCUT2D eigenvalue weighted by atomic mass is 10.0. The predicted octanol–water partition coefficient (Wildman–Crippen LogP) is 4.87. The molecule has 0 spiro atoms. The molecule has 2 fully saturated rings. The molecular formula is C29H32F2N8. The third kappa shape index (κ3) is 4.26. The van der Waals surface area contributed by atoms with E-state index in [1.165, 1.54) is 18.9 Å².